The summed E-state index contributed by atoms with van der Waals surface area (Å²) in [6, 6.07) is 8.90. The Bertz CT molecular complexity index is 487. The van der Waals surface area contributed by atoms with Gasteiger partial charge in [-0.1, -0.05) is 18.2 Å². The minimum atomic E-state index is -1.18. The zero-order valence-corrected chi connectivity index (χ0v) is 11.4. The topological polar surface area (TPSA) is 104 Å². The summed E-state index contributed by atoms with van der Waals surface area (Å²) in [6.07, 6.45) is -0.305. The number of carboxylic acid groups (broad SMARTS) is 2. The normalized spacial score (nSPS) is 9.90. The van der Waals surface area contributed by atoms with Gasteiger partial charge in [-0.25, -0.2) is 0 Å². The predicted molar refractivity (Wildman–Crippen MR) is 73.0 cm³/mol. The second-order valence-electron chi connectivity index (χ2n) is 4.26. The van der Waals surface area contributed by atoms with Crippen molar-refractivity contribution < 1.29 is 29.3 Å². The minimum Gasteiger partial charge on any atom is -0.493 e. The lowest BCUT2D eigenvalue weighted by atomic mass is 10.3. The molecule has 0 aliphatic rings. The Balaban J connectivity index is 2.43. The Kier molecular flexibility index (Phi) is 6.73. The molecule has 0 saturated carbocycles. The number of amides is 1. The summed E-state index contributed by atoms with van der Waals surface area (Å²) in [5, 5.41) is 17.3. The molecular weight excluding hydrogens is 278 g/mol. The summed E-state index contributed by atoms with van der Waals surface area (Å²) in [5.41, 5.74) is 0. The van der Waals surface area contributed by atoms with Gasteiger partial charge in [0.25, 0.3) is 0 Å². The molecule has 0 aliphatic heterocycles. The zero-order chi connectivity index (χ0) is 15.7. The summed E-state index contributed by atoms with van der Waals surface area (Å²) in [5.74, 6) is -2.10. The standard InChI is InChI=1S/C14H17NO6/c16-12(7-9-21-11-4-2-1-3-5-11)15(10-14(19)20)8-6-13(17)18/h1-5H,6-10H2,(H,17,18)(H,19,20). The number of nitrogens with zero attached hydrogens (tertiary/aromatic N) is 1. The molecule has 7 nitrogen and oxygen atoms in total. The molecule has 2 N–H and O–H groups in total. The van der Waals surface area contributed by atoms with Crippen molar-refractivity contribution in [3.63, 3.8) is 0 Å². The number of carbonyl (C=O) groups excluding carboxylic acids is 1. The van der Waals surface area contributed by atoms with Gasteiger partial charge in [-0.3, -0.25) is 14.4 Å². The van der Waals surface area contributed by atoms with Crippen LogP contribution in [0.4, 0.5) is 0 Å². The second kappa shape index (κ2) is 8.57. The SMILES string of the molecule is O=C(O)CCN(CC(=O)O)C(=O)CCOc1ccccc1. The molecule has 0 spiro atoms. The van der Waals surface area contributed by atoms with Crippen LogP contribution in [0.1, 0.15) is 12.8 Å². The third-order valence-corrected chi connectivity index (χ3v) is 2.60. The van der Waals surface area contributed by atoms with Gasteiger partial charge in [0.05, 0.1) is 19.4 Å². The van der Waals surface area contributed by atoms with E-state index in [4.69, 9.17) is 14.9 Å². The van der Waals surface area contributed by atoms with Crippen LogP contribution >= 0.6 is 0 Å². The quantitative estimate of drug-likeness (QED) is 0.699. The smallest absolute Gasteiger partial charge is 0.323 e. The van der Waals surface area contributed by atoms with Gasteiger partial charge in [-0.2, -0.15) is 0 Å². The molecule has 7 heteroatoms. The van der Waals surface area contributed by atoms with Crippen LogP contribution in [0.2, 0.25) is 0 Å². The van der Waals surface area contributed by atoms with E-state index in [1.807, 2.05) is 6.07 Å². The lowest BCUT2D eigenvalue weighted by Crippen LogP contribution is -2.37. The van der Waals surface area contributed by atoms with Crippen molar-refractivity contribution in [2.24, 2.45) is 0 Å². The van der Waals surface area contributed by atoms with Gasteiger partial charge in [-0.15, -0.1) is 0 Å². The van der Waals surface area contributed by atoms with E-state index in [2.05, 4.69) is 0 Å². The van der Waals surface area contributed by atoms with Crippen LogP contribution in [0.15, 0.2) is 30.3 Å². The van der Waals surface area contributed by atoms with E-state index in [0.29, 0.717) is 5.75 Å². The minimum absolute atomic E-state index is 0.0121. The first-order valence-corrected chi connectivity index (χ1v) is 6.38. The number of rotatable bonds is 9. The van der Waals surface area contributed by atoms with E-state index in [-0.39, 0.29) is 26.0 Å². The Labute approximate surface area is 121 Å². The fraction of sp³-hybridized carbons (Fsp3) is 0.357. The van der Waals surface area contributed by atoms with E-state index in [1.54, 1.807) is 24.3 Å². The summed E-state index contributed by atoms with van der Waals surface area (Å²) < 4.78 is 5.35. The second-order valence-corrected chi connectivity index (χ2v) is 4.26. The van der Waals surface area contributed by atoms with Crippen molar-refractivity contribution in [3.8, 4) is 5.75 Å². The molecule has 0 unspecified atom stereocenters. The van der Waals surface area contributed by atoms with E-state index in [9.17, 15) is 14.4 Å². The molecule has 114 valence electrons. The maximum Gasteiger partial charge on any atom is 0.323 e. The molecule has 0 fully saturated rings. The van der Waals surface area contributed by atoms with E-state index in [1.165, 1.54) is 0 Å². The van der Waals surface area contributed by atoms with Gasteiger partial charge in [0.15, 0.2) is 0 Å². The van der Waals surface area contributed by atoms with Gasteiger partial charge in [0.1, 0.15) is 12.3 Å². The molecule has 0 aromatic heterocycles. The molecular formula is C14H17NO6. The molecule has 1 rings (SSSR count). The molecule has 1 amide bonds. The van der Waals surface area contributed by atoms with Crippen molar-refractivity contribution in [3.05, 3.63) is 30.3 Å². The Hall–Kier alpha value is -2.57. The molecule has 21 heavy (non-hydrogen) atoms. The van der Waals surface area contributed by atoms with Crippen LogP contribution in [-0.2, 0) is 14.4 Å². The highest BCUT2D eigenvalue weighted by molar-refractivity contribution is 5.81. The van der Waals surface area contributed by atoms with E-state index < -0.39 is 24.4 Å². The number of para-hydroxylation sites is 1. The number of aliphatic carboxylic acids is 2. The molecule has 0 bridgehead atoms. The monoisotopic (exact) mass is 295 g/mol. The molecule has 0 saturated heterocycles. The highest BCUT2D eigenvalue weighted by Gasteiger charge is 2.17. The van der Waals surface area contributed by atoms with Crippen molar-refractivity contribution in [1.82, 2.24) is 4.90 Å². The average molecular weight is 295 g/mol. The Morgan fingerprint density at radius 3 is 2.24 bits per heavy atom. The number of hydrogen-bond acceptors (Lipinski definition) is 4. The lowest BCUT2D eigenvalue weighted by molar-refractivity contribution is -0.146. The summed E-state index contributed by atoms with van der Waals surface area (Å²) >= 11 is 0. The van der Waals surface area contributed by atoms with Gasteiger partial charge >= 0.3 is 11.9 Å². The summed E-state index contributed by atoms with van der Waals surface area (Å²) in [7, 11) is 0. The Morgan fingerprint density at radius 2 is 1.67 bits per heavy atom. The molecule has 0 heterocycles. The first-order valence-electron chi connectivity index (χ1n) is 6.38. The highest BCUT2D eigenvalue weighted by atomic mass is 16.5. The van der Waals surface area contributed by atoms with Gasteiger partial charge < -0.3 is 19.8 Å². The number of carboxylic acids is 2. The van der Waals surface area contributed by atoms with E-state index >= 15 is 0 Å². The summed E-state index contributed by atoms with van der Waals surface area (Å²) in [6.45, 7) is -0.546. The molecule has 0 atom stereocenters. The maximum atomic E-state index is 11.9. The fourth-order valence-corrected chi connectivity index (χ4v) is 1.62. The van der Waals surface area contributed by atoms with E-state index in [0.717, 1.165) is 4.90 Å². The third-order valence-electron chi connectivity index (χ3n) is 2.60. The van der Waals surface area contributed by atoms with Gasteiger partial charge in [-0.05, 0) is 12.1 Å². The molecule has 0 radical (unpaired) electrons. The number of benzene rings is 1. The van der Waals surface area contributed by atoms with Crippen molar-refractivity contribution in [2.75, 3.05) is 19.7 Å². The van der Waals surface area contributed by atoms with Gasteiger partial charge in [0.2, 0.25) is 5.91 Å². The summed E-state index contributed by atoms with van der Waals surface area (Å²) in [4.78, 5) is 34.1. The number of ether oxygens (including phenoxy) is 1. The first-order chi connectivity index (χ1) is 9.99. The van der Waals surface area contributed by atoms with Crippen molar-refractivity contribution >= 4 is 17.8 Å². The number of carbonyl (C=O) groups is 3. The highest BCUT2D eigenvalue weighted by Crippen LogP contribution is 2.09. The average Bonchev–Trinajstić information content (AvgIpc) is 2.44. The van der Waals surface area contributed by atoms with Crippen LogP contribution in [0.5, 0.6) is 5.75 Å². The van der Waals surface area contributed by atoms with Crippen molar-refractivity contribution in [1.29, 1.82) is 0 Å². The zero-order valence-electron chi connectivity index (χ0n) is 11.4. The van der Waals surface area contributed by atoms with Crippen LogP contribution in [0.25, 0.3) is 0 Å². The fourth-order valence-electron chi connectivity index (χ4n) is 1.62. The Morgan fingerprint density at radius 1 is 1.00 bits per heavy atom. The van der Waals surface area contributed by atoms with Crippen LogP contribution in [-0.4, -0.2) is 52.7 Å². The van der Waals surface area contributed by atoms with Crippen LogP contribution in [0.3, 0.4) is 0 Å². The van der Waals surface area contributed by atoms with Crippen LogP contribution < -0.4 is 4.74 Å². The van der Waals surface area contributed by atoms with Crippen molar-refractivity contribution in [2.45, 2.75) is 12.8 Å². The maximum absolute atomic E-state index is 11.9. The van der Waals surface area contributed by atoms with Gasteiger partial charge in [0, 0.05) is 6.54 Å². The van der Waals surface area contributed by atoms with Crippen LogP contribution in [0, 0.1) is 0 Å². The molecule has 0 aliphatic carbocycles. The largest absolute Gasteiger partial charge is 0.493 e. The third kappa shape index (κ3) is 6.95. The first kappa shape index (κ1) is 16.5. The number of hydrogen-bond donors (Lipinski definition) is 2. The lowest BCUT2D eigenvalue weighted by Gasteiger charge is -2.19. The molecule has 1 aromatic rings. The predicted octanol–water partition coefficient (Wildman–Crippen LogP) is 0.843. The molecule has 1 aromatic carbocycles.